The van der Waals surface area contributed by atoms with E-state index in [9.17, 15) is 9.90 Å². The second-order valence-electron chi connectivity index (χ2n) is 9.90. The molecule has 0 aliphatic carbocycles. The second kappa shape index (κ2) is 13.2. The Morgan fingerprint density at radius 2 is 1.85 bits per heavy atom. The highest BCUT2D eigenvalue weighted by atomic mass is 32.1. The van der Waals surface area contributed by atoms with Crippen LogP contribution in [0.25, 0.3) is 0 Å². The van der Waals surface area contributed by atoms with E-state index >= 15 is 0 Å². The van der Waals surface area contributed by atoms with Gasteiger partial charge in [0.25, 0.3) is 5.91 Å². The average molecular weight is 561 g/mol. The first-order valence-electron chi connectivity index (χ1n) is 13.4. The molecular weight excluding hydrogens is 524 g/mol. The van der Waals surface area contributed by atoms with Gasteiger partial charge in [-0.25, -0.2) is 9.97 Å². The number of aromatic hydroxyl groups is 1. The molecule has 0 bridgehead atoms. The maximum Gasteiger partial charge on any atom is 0.257 e. The van der Waals surface area contributed by atoms with Gasteiger partial charge in [0.05, 0.1) is 23.0 Å². The summed E-state index contributed by atoms with van der Waals surface area (Å²) in [7, 11) is 0. The summed E-state index contributed by atoms with van der Waals surface area (Å²) in [6.45, 7) is 14.4. The molecule has 11 heteroatoms. The first kappa shape index (κ1) is 28.8. The standard InChI is InChI=1S/C29H36N8O2S/c1-6-21(19(3)4)18-20(5)23(7-2)32-26-27(35-40-34-26)33-24-11-8-10-22(25(24)38)28(39)36-14-16-37(17-15-36)29-30-12-9-13-31-29/h8-13,18-19,23,38H,1,7,14-17H2,2-5H3,(H,32,34)(H,33,35)/b20-18+/t23-/m1/s1. The SMILES string of the molecule is C=C=C(/C=C(\C)[C@@H](CC)Nc1nsnc1Nc1cccc(C(=O)N2CCN(c3ncccn3)CC2)c1O)C(C)C. The number of piperazine rings is 1. The number of nitrogens with one attached hydrogen (secondary N) is 2. The normalized spacial score (nSPS) is 14.6. The number of amides is 1. The molecule has 1 atom stereocenters. The van der Waals surface area contributed by atoms with Gasteiger partial charge >= 0.3 is 0 Å². The zero-order valence-electron chi connectivity index (χ0n) is 23.4. The third-order valence-electron chi connectivity index (χ3n) is 6.89. The van der Waals surface area contributed by atoms with E-state index in [1.54, 1.807) is 41.6 Å². The topological polar surface area (TPSA) is 119 Å². The van der Waals surface area contributed by atoms with E-state index in [2.05, 4.69) is 75.4 Å². The molecule has 0 unspecified atom stereocenters. The Labute approximate surface area is 239 Å². The molecule has 3 N–H and O–H groups in total. The van der Waals surface area contributed by atoms with Crippen molar-refractivity contribution in [3.05, 3.63) is 71.8 Å². The number of aromatic nitrogens is 4. The predicted molar refractivity (Wildman–Crippen MR) is 160 cm³/mol. The Kier molecular flexibility index (Phi) is 9.52. The number of allylic oxidation sites excluding steroid dienone is 2. The van der Waals surface area contributed by atoms with E-state index in [-0.39, 0.29) is 23.3 Å². The summed E-state index contributed by atoms with van der Waals surface area (Å²) in [5.74, 6) is 1.68. The number of phenolic OH excluding ortho intramolecular Hbond substituents is 1. The fraction of sp³-hybridized carbons (Fsp3) is 0.379. The Bertz CT molecular complexity index is 1390. The van der Waals surface area contributed by atoms with Crippen LogP contribution in [-0.4, -0.2) is 66.8 Å². The minimum atomic E-state index is -0.229. The number of phenols is 1. The first-order valence-corrected chi connectivity index (χ1v) is 14.1. The number of benzene rings is 1. The lowest BCUT2D eigenvalue weighted by Crippen LogP contribution is -2.49. The van der Waals surface area contributed by atoms with Crippen LogP contribution in [0.15, 0.2) is 66.2 Å². The molecule has 40 heavy (non-hydrogen) atoms. The highest BCUT2D eigenvalue weighted by molar-refractivity contribution is 6.99. The summed E-state index contributed by atoms with van der Waals surface area (Å²) in [6.07, 6.45) is 6.36. The van der Waals surface area contributed by atoms with Crippen LogP contribution in [0.2, 0.25) is 0 Å². The summed E-state index contributed by atoms with van der Waals surface area (Å²) in [5, 5.41) is 17.7. The van der Waals surface area contributed by atoms with Crippen molar-refractivity contribution >= 4 is 40.9 Å². The van der Waals surface area contributed by atoms with Crippen molar-refractivity contribution in [2.45, 2.75) is 40.2 Å². The Balaban J connectivity index is 1.45. The molecule has 4 rings (SSSR count). The number of para-hydroxylation sites is 1. The van der Waals surface area contributed by atoms with Crippen LogP contribution < -0.4 is 15.5 Å². The van der Waals surface area contributed by atoms with Gasteiger partial charge in [0.2, 0.25) is 5.95 Å². The van der Waals surface area contributed by atoms with Gasteiger partial charge in [-0.2, -0.15) is 8.75 Å². The molecule has 3 heterocycles. The first-order chi connectivity index (χ1) is 19.3. The van der Waals surface area contributed by atoms with E-state index in [1.807, 2.05) is 4.90 Å². The Morgan fingerprint density at radius 1 is 1.15 bits per heavy atom. The highest BCUT2D eigenvalue weighted by Crippen LogP contribution is 2.33. The molecule has 3 aromatic rings. The fourth-order valence-electron chi connectivity index (χ4n) is 4.51. The van der Waals surface area contributed by atoms with Crippen molar-refractivity contribution in [1.82, 2.24) is 23.6 Å². The summed E-state index contributed by atoms with van der Waals surface area (Å²) in [4.78, 5) is 25.7. The molecule has 1 fully saturated rings. The molecule has 1 aromatic carbocycles. The lowest BCUT2D eigenvalue weighted by atomic mass is 9.98. The van der Waals surface area contributed by atoms with Crippen molar-refractivity contribution in [2.24, 2.45) is 5.92 Å². The molecular formula is C29H36N8O2S. The predicted octanol–water partition coefficient (Wildman–Crippen LogP) is 5.24. The van der Waals surface area contributed by atoms with E-state index in [0.29, 0.717) is 55.4 Å². The molecule has 0 spiro atoms. The number of hydrogen-bond donors (Lipinski definition) is 3. The van der Waals surface area contributed by atoms with Gasteiger partial charge in [-0.3, -0.25) is 4.79 Å². The summed E-state index contributed by atoms with van der Waals surface area (Å²) >= 11 is 1.07. The molecule has 10 nitrogen and oxygen atoms in total. The van der Waals surface area contributed by atoms with Crippen LogP contribution >= 0.6 is 11.7 Å². The molecule has 1 aliphatic rings. The van der Waals surface area contributed by atoms with E-state index in [0.717, 1.165) is 29.3 Å². The number of hydrogen-bond acceptors (Lipinski definition) is 10. The van der Waals surface area contributed by atoms with Crippen LogP contribution in [0.1, 0.15) is 44.5 Å². The zero-order chi connectivity index (χ0) is 28.6. The summed E-state index contributed by atoms with van der Waals surface area (Å²) in [5.41, 5.74) is 5.83. The molecule has 0 saturated carbocycles. The quantitative estimate of drug-likeness (QED) is 0.174. The van der Waals surface area contributed by atoms with Crippen molar-refractivity contribution in [2.75, 3.05) is 41.7 Å². The third-order valence-corrected chi connectivity index (χ3v) is 7.42. The minimum Gasteiger partial charge on any atom is -0.505 e. The van der Waals surface area contributed by atoms with Gasteiger partial charge < -0.3 is 25.5 Å². The van der Waals surface area contributed by atoms with Crippen LogP contribution in [0, 0.1) is 5.92 Å². The third kappa shape index (κ3) is 6.67. The largest absolute Gasteiger partial charge is 0.505 e. The minimum absolute atomic E-state index is 0.0213. The fourth-order valence-corrected chi connectivity index (χ4v) is 4.99. The smallest absolute Gasteiger partial charge is 0.257 e. The van der Waals surface area contributed by atoms with Crippen molar-refractivity contribution in [3.8, 4) is 5.75 Å². The number of carbonyl (C=O) groups is 1. The molecule has 1 amide bonds. The van der Waals surface area contributed by atoms with Crippen LogP contribution in [0.3, 0.4) is 0 Å². The molecule has 0 radical (unpaired) electrons. The van der Waals surface area contributed by atoms with Gasteiger partial charge in [-0.05, 0) is 43.0 Å². The Morgan fingerprint density at radius 3 is 2.50 bits per heavy atom. The van der Waals surface area contributed by atoms with Gasteiger partial charge in [0, 0.05) is 44.6 Å². The number of nitrogens with zero attached hydrogens (tertiary/aromatic N) is 6. The number of anilines is 4. The van der Waals surface area contributed by atoms with E-state index in [1.165, 1.54) is 0 Å². The van der Waals surface area contributed by atoms with Gasteiger partial charge in [0.1, 0.15) is 0 Å². The number of carbonyl (C=O) groups excluding carboxylic acids is 1. The van der Waals surface area contributed by atoms with Crippen molar-refractivity contribution in [1.29, 1.82) is 0 Å². The van der Waals surface area contributed by atoms with E-state index < -0.39 is 0 Å². The monoisotopic (exact) mass is 560 g/mol. The van der Waals surface area contributed by atoms with Gasteiger partial charge in [-0.1, -0.05) is 45.1 Å². The van der Waals surface area contributed by atoms with Gasteiger partial charge in [-0.15, -0.1) is 5.73 Å². The number of rotatable bonds is 10. The molecule has 210 valence electrons. The Hall–Kier alpha value is -4.21. The van der Waals surface area contributed by atoms with Crippen LogP contribution in [0.4, 0.5) is 23.3 Å². The van der Waals surface area contributed by atoms with E-state index in [4.69, 9.17) is 0 Å². The molecule has 1 saturated heterocycles. The lowest BCUT2D eigenvalue weighted by Gasteiger charge is -2.34. The lowest BCUT2D eigenvalue weighted by molar-refractivity contribution is 0.0743. The molecule has 2 aromatic heterocycles. The van der Waals surface area contributed by atoms with Gasteiger partial charge in [0.15, 0.2) is 17.4 Å². The van der Waals surface area contributed by atoms with Crippen molar-refractivity contribution in [3.63, 3.8) is 0 Å². The average Bonchev–Trinajstić information content (AvgIpc) is 3.41. The maximum atomic E-state index is 13.3. The summed E-state index contributed by atoms with van der Waals surface area (Å²) < 4.78 is 8.83. The zero-order valence-corrected chi connectivity index (χ0v) is 24.2. The molecule has 1 aliphatic heterocycles. The maximum absolute atomic E-state index is 13.3. The van der Waals surface area contributed by atoms with Crippen LogP contribution in [0.5, 0.6) is 5.75 Å². The highest BCUT2D eigenvalue weighted by Gasteiger charge is 2.26. The van der Waals surface area contributed by atoms with Crippen molar-refractivity contribution < 1.29 is 9.90 Å². The van der Waals surface area contributed by atoms with Crippen LogP contribution in [-0.2, 0) is 0 Å². The summed E-state index contributed by atoms with van der Waals surface area (Å²) in [6, 6.07) is 6.89. The second-order valence-corrected chi connectivity index (χ2v) is 10.4.